The molecule has 0 heterocycles. The van der Waals surface area contributed by atoms with E-state index in [1.165, 1.54) is 6.07 Å². The third-order valence-electron chi connectivity index (χ3n) is 1.76. The average Bonchev–Trinajstić information content (AvgIpc) is 2.14. The summed E-state index contributed by atoms with van der Waals surface area (Å²) in [4.78, 5) is 11.0. The van der Waals surface area contributed by atoms with Gasteiger partial charge in [0.25, 0.3) is 0 Å². The van der Waals surface area contributed by atoms with E-state index >= 15 is 0 Å². The molecule has 0 saturated carbocycles. The Morgan fingerprint density at radius 1 is 1.67 bits per heavy atom. The van der Waals surface area contributed by atoms with Gasteiger partial charge < -0.3 is 5.32 Å². The van der Waals surface area contributed by atoms with Crippen LogP contribution in [0.3, 0.4) is 0 Å². The molecule has 0 radical (unpaired) electrons. The molecule has 1 aromatic carbocycles. The van der Waals surface area contributed by atoms with Crippen molar-refractivity contribution in [3.63, 3.8) is 0 Å². The van der Waals surface area contributed by atoms with Gasteiger partial charge >= 0.3 is 0 Å². The Morgan fingerprint density at radius 3 is 2.93 bits per heavy atom. The van der Waals surface area contributed by atoms with Crippen LogP contribution in [-0.2, 0) is 4.79 Å². The molecule has 1 rings (SSSR count). The highest BCUT2D eigenvalue weighted by molar-refractivity contribution is 6.33. The summed E-state index contributed by atoms with van der Waals surface area (Å²) in [5.41, 5.74) is 0.582. The lowest BCUT2D eigenvalue weighted by Crippen LogP contribution is -2.10. The van der Waals surface area contributed by atoms with Gasteiger partial charge in [-0.2, -0.15) is 5.26 Å². The van der Waals surface area contributed by atoms with Crippen molar-refractivity contribution in [2.75, 3.05) is 5.32 Å². The number of amides is 1. The molecule has 0 fully saturated rings. The molecule has 5 heteroatoms. The first kappa shape index (κ1) is 11.5. The summed E-state index contributed by atoms with van der Waals surface area (Å²) >= 11 is 5.78. The number of carbonyl (C=O) groups is 1. The zero-order chi connectivity index (χ0) is 11.4. The fourth-order valence-electron chi connectivity index (χ4n) is 1.01. The molecule has 0 atom stereocenters. The van der Waals surface area contributed by atoms with Crippen molar-refractivity contribution >= 4 is 23.2 Å². The number of hydrogen-bond donors (Lipinski definition) is 1. The van der Waals surface area contributed by atoms with Gasteiger partial charge in [0.1, 0.15) is 12.2 Å². The fraction of sp³-hybridized carbons (Fsp3) is 0.200. The molecular weight excluding hydrogens is 219 g/mol. The third kappa shape index (κ3) is 2.93. The number of hydrogen-bond acceptors (Lipinski definition) is 2. The molecule has 1 aromatic rings. The second kappa shape index (κ2) is 4.76. The Hall–Kier alpha value is -1.60. The maximum absolute atomic E-state index is 13.1. The number of nitriles is 1. The minimum Gasteiger partial charge on any atom is -0.324 e. The van der Waals surface area contributed by atoms with Crippen molar-refractivity contribution in [3.8, 4) is 6.07 Å². The quantitative estimate of drug-likeness (QED) is 0.843. The van der Waals surface area contributed by atoms with E-state index in [4.69, 9.17) is 16.9 Å². The van der Waals surface area contributed by atoms with E-state index in [2.05, 4.69) is 5.32 Å². The van der Waals surface area contributed by atoms with Crippen LogP contribution in [0.4, 0.5) is 10.1 Å². The van der Waals surface area contributed by atoms with Crippen LogP contribution in [0.15, 0.2) is 12.1 Å². The number of benzene rings is 1. The van der Waals surface area contributed by atoms with E-state index in [1.807, 2.05) is 0 Å². The highest BCUT2D eigenvalue weighted by atomic mass is 35.5. The Morgan fingerprint density at radius 2 is 2.33 bits per heavy atom. The molecule has 0 aliphatic rings. The van der Waals surface area contributed by atoms with Crippen molar-refractivity contribution in [1.29, 1.82) is 5.26 Å². The minimum absolute atomic E-state index is 0.181. The van der Waals surface area contributed by atoms with Crippen LogP contribution in [0.1, 0.15) is 12.0 Å². The molecule has 0 aliphatic carbocycles. The highest BCUT2D eigenvalue weighted by Gasteiger charge is 2.08. The molecule has 1 N–H and O–H groups in total. The Bertz CT molecular complexity index is 440. The average molecular weight is 227 g/mol. The zero-order valence-electron chi connectivity index (χ0n) is 7.97. The first-order valence-electron chi connectivity index (χ1n) is 4.17. The summed E-state index contributed by atoms with van der Waals surface area (Å²) in [6.45, 7) is 1.57. The van der Waals surface area contributed by atoms with Crippen LogP contribution < -0.4 is 5.32 Å². The standard InChI is InChI=1S/C10H8ClFN2O/c1-6-4-7(11)9(5-8(6)12)14-10(15)2-3-13/h4-5H,2H2,1H3,(H,14,15). The molecule has 0 unspecified atom stereocenters. The van der Waals surface area contributed by atoms with Gasteiger partial charge in [-0.05, 0) is 24.6 Å². The molecule has 78 valence electrons. The maximum Gasteiger partial charge on any atom is 0.238 e. The monoisotopic (exact) mass is 226 g/mol. The molecule has 1 amide bonds. The van der Waals surface area contributed by atoms with Gasteiger partial charge in [0.2, 0.25) is 5.91 Å². The van der Waals surface area contributed by atoms with E-state index in [-0.39, 0.29) is 17.1 Å². The van der Waals surface area contributed by atoms with Crippen molar-refractivity contribution in [3.05, 3.63) is 28.5 Å². The van der Waals surface area contributed by atoms with Crippen molar-refractivity contribution in [2.24, 2.45) is 0 Å². The number of halogens is 2. The molecule has 0 saturated heterocycles. The molecule has 0 spiro atoms. The van der Waals surface area contributed by atoms with E-state index in [0.29, 0.717) is 5.56 Å². The Kier molecular flexibility index (Phi) is 3.64. The molecule has 0 aromatic heterocycles. The lowest BCUT2D eigenvalue weighted by atomic mass is 10.2. The summed E-state index contributed by atoms with van der Waals surface area (Å²) in [6.07, 6.45) is -0.286. The number of nitrogens with zero attached hydrogens (tertiary/aromatic N) is 1. The predicted octanol–water partition coefficient (Wildman–Crippen LogP) is 2.64. The Balaban J connectivity index is 2.92. The van der Waals surface area contributed by atoms with Crippen molar-refractivity contribution in [1.82, 2.24) is 0 Å². The zero-order valence-corrected chi connectivity index (χ0v) is 8.73. The van der Waals surface area contributed by atoms with E-state index in [0.717, 1.165) is 6.07 Å². The van der Waals surface area contributed by atoms with Crippen LogP contribution in [0.25, 0.3) is 0 Å². The van der Waals surface area contributed by atoms with Crippen LogP contribution >= 0.6 is 11.6 Å². The molecule has 0 bridgehead atoms. The highest BCUT2D eigenvalue weighted by Crippen LogP contribution is 2.25. The van der Waals surface area contributed by atoms with Crippen LogP contribution in [0, 0.1) is 24.1 Å². The predicted molar refractivity (Wildman–Crippen MR) is 55.0 cm³/mol. The molecule has 3 nitrogen and oxygen atoms in total. The van der Waals surface area contributed by atoms with Gasteiger partial charge in [-0.15, -0.1) is 0 Å². The third-order valence-corrected chi connectivity index (χ3v) is 2.07. The van der Waals surface area contributed by atoms with Crippen molar-refractivity contribution < 1.29 is 9.18 Å². The number of carbonyl (C=O) groups excluding carboxylic acids is 1. The lowest BCUT2D eigenvalue weighted by Gasteiger charge is -2.06. The van der Waals surface area contributed by atoms with Crippen LogP contribution in [0.2, 0.25) is 5.02 Å². The Labute approximate surface area is 91.5 Å². The number of anilines is 1. The van der Waals surface area contributed by atoms with Gasteiger partial charge in [-0.3, -0.25) is 4.79 Å². The van der Waals surface area contributed by atoms with Crippen molar-refractivity contribution in [2.45, 2.75) is 13.3 Å². The maximum atomic E-state index is 13.1. The van der Waals surface area contributed by atoms with E-state index < -0.39 is 11.7 Å². The summed E-state index contributed by atoms with van der Waals surface area (Å²) in [5.74, 6) is -0.964. The second-order valence-corrected chi connectivity index (χ2v) is 3.37. The number of aryl methyl sites for hydroxylation is 1. The second-order valence-electron chi connectivity index (χ2n) is 2.96. The lowest BCUT2D eigenvalue weighted by molar-refractivity contribution is -0.115. The first-order chi connectivity index (χ1) is 7.04. The summed E-state index contributed by atoms with van der Waals surface area (Å²) in [5, 5.41) is 10.9. The smallest absolute Gasteiger partial charge is 0.238 e. The molecule has 15 heavy (non-hydrogen) atoms. The topological polar surface area (TPSA) is 52.9 Å². The van der Waals surface area contributed by atoms with E-state index in [9.17, 15) is 9.18 Å². The summed E-state index contributed by atoms with van der Waals surface area (Å²) in [7, 11) is 0. The normalized spacial score (nSPS) is 9.47. The van der Waals surface area contributed by atoms with Gasteiger partial charge in [-0.1, -0.05) is 11.6 Å². The van der Waals surface area contributed by atoms with Crippen LogP contribution in [-0.4, -0.2) is 5.91 Å². The van der Waals surface area contributed by atoms with Gasteiger partial charge in [-0.25, -0.2) is 4.39 Å². The van der Waals surface area contributed by atoms with Gasteiger partial charge in [0.05, 0.1) is 16.8 Å². The fourth-order valence-corrected chi connectivity index (χ4v) is 1.27. The van der Waals surface area contributed by atoms with Crippen LogP contribution in [0.5, 0.6) is 0 Å². The first-order valence-corrected chi connectivity index (χ1v) is 4.55. The molecule has 0 aliphatic heterocycles. The number of rotatable bonds is 2. The molecular formula is C10H8ClFN2O. The minimum atomic E-state index is -0.511. The SMILES string of the molecule is Cc1cc(Cl)c(NC(=O)CC#N)cc1F. The number of nitrogens with one attached hydrogen (secondary N) is 1. The largest absolute Gasteiger partial charge is 0.324 e. The van der Waals surface area contributed by atoms with Gasteiger partial charge in [0.15, 0.2) is 0 Å². The summed E-state index contributed by atoms with van der Waals surface area (Å²) in [6, 6.07) is 4.23. The van der Waals surface area contributed by atoms with E-state index in [1.54, 1.807) is 13.0 Å². The van der Waals surface area contributed by atoms with Gasteiger partial charge in [0, 0.05) is 0 Å². The summed E-state index contributed by atoms with van der Waals surface area (Å²) < 4.78 is 13.1.